The van der Waals surface area contributed by atoms with E-state index in [9.17, 15) is 4.79 Å². The van der Waals surface area contributed by atoms with Crippen LogP contribution in [0.1, 0.15) is 34.3 Å². The van der Waals surface area contributed by atoms with Crippen LogP contribution in [0.25, 0.3) is 0 Å². The molecule has 1 spiro atoms. The lowest BCUT2D eigenvalue weighted by Gasteiger charge is -2.48. The van der Waals surface area contributed by atoms with E-state index >= 15 is 0 Å². The van der Waals surface area contributed by atoms with Gasteiger partial charge in [0.25, 0.3) is 5.91 Å². The molecule has 164 valence electrons. The number of hydrogen-bond donors (Lipinski definition) is 0. The van der Waals surface area contributed by atoms with E-state index in [1.807, 2.05) is 35.2 Å². The van der Waals surface area contributed by atoms with Gasteiger partial charge in [0.05, 0.1) is 0 Å². The second kappa shape index (κ2) is 8.90. The fourth-order valence-electron chi connectivity index (χ4n) is 5.10. The number of likely N-dealkylation sites (tertiary alicyclic amines) is 1. The summed E-state index contributed by atoms with van der Waals surface area (Å²) in [6, 6.07) is 23.7. The first-order valence-corrected chi connectivity index (χ1v) is 11.9. The van der Waals surface area contributed by atoms with Crippen molar-refractivity contribution in [1.82, 2.24) is 4.90 Å². The Balaban J connectivity index is 1.35. The summed E-state index contributed by atoms with van der Waals surface area (Å²) in [5.41, 5.74) is 4.40. The first-order chi connectivity index (χ1) is 15.5. The minimum Gasteiger partial charge on any atom is -0.308 e. The van der Waals surface area contributed by atoms with Crippen LogP contribution in [0.15, 0.2) is 72.8 Å². The lowest BCUT2D eigenvalue weighted by atomic mass is 9.70. The number of amides is 1. The van der Waals surface area contributed by atoms with Crippen LogP contribution >= 0.6 is 23.2 Å². The van der Waals surface area contributed by atoms with Crippen molar-refractivity contribution in [2.75, 3.05) is 24.5 Å². The van der Waals surface area contributed by atoms with Gasteiger partial charge in [-0.1, -0.05) is 53.5 Å². The van der Waals surface area contributed by atoms with Gasteiger partial charge in [-0.05, 0) is 91.4 Å². The Hall–Kier alpha value is -2.33. The van der Waals surface area contributed by atoms with Gasteiger partial charge in [-0.2, -0.15) is 0 Å². The fourth-order valence-corrected chi connectivity index (χ4v) is 5.35. The summed E-state index contributed by atoms with van der Waals surface area (Å²) in [6.45, 7) is 3.78. The molecule has 1 amide bonds. The maximum Gasteiger partial charge on any atom is 0.258 e. The van der Waals surface area contributed by atoms with Crippen molar-refractivity contribution < 1.29 is 4.79 Å². The van der Waals surface area contributed by atoms with Gasteiger partial charge in [0.15, 0.2) is 0 Å². The van der Waals surface area contributed by atoms with Crippen molar-refractivity contribution in [1.29, 1.82) is 0 Å². The Morgan fingerprint density at radius 1 is 0.844 bits per heavy atom. The number of rotatable bonds is 3. The Morgan fingerprint density at radius 3 is 2.16 bits per heavy atom. The molecule has 0 unspecified atom stereocenters. The van der Waals surface area contributed by atoms with Crippen LogP contribution < -0.4 is 4.90 Å². The van der Waals surface area contributed by atoms with Crippen molar-refractivity contribution in [3.8, 4) is 0 Å². The average Bonchev–Trinajstić information content (AvgIpc) is 2.82. The van der Waals surface area contributed by atoms with Crippen molar-refractivity contribution in [3.63, 3.8) is 0 Å². The third kappa shape index (κ3) is 4.43. The van der Waals surface area contributed by atoms with Gasteiger partial charge in [-0.25, -0.2) is 0 Å². The number of nitrogens with zero attached hydrogens (tertiary/aromatic N) is 2. The van der Waals surface area contributed by atoms with Crippen LogP contribution in [0.4, 0.5) is 5.69 Å². The number of halogens is 2. The van der Waals surface area contributed by atoms with Crippen LogP contribution in [0.5, 0.6) is 0 Å². The number of carbonyl (C=O) groups is 1. The number of benzene rings is 3. The van der Waals surface area contributed by atoms with E-state index in [0.29, 0.717) is 10.6 Å². The molecule has 0 atom stereocenters. The summed E-state index contributed by atoms with van der Waals surface area (Å²) in [4.78, 5) is 18.0. The third-order valence-electron chi connectivity index (χ3n) is 6.91. The molecule has 0 bridgehead atoms. The number of piperidine rings is 1. The Labute approximate surface area is 199 Å². The molecule has 3 aromatic rings. The van der Waals surface area contributed by atoms with E-state index in [4.69, 9.17) is 23.2 Å². The van der Waals surface area contributed by atoms with Crippen molar-refractivity contribution in [2.45, 2.75) is 25.8 Å². The normalized spacial score (nSPS) is 17.9. The molecule has 0 N–H and O–H groups in total. The molecule has 5 rings (SSSR count). The minimum absolute atomic E-state index is 0.0526. The van der Waals surface area contributed by atoms with E-state index in [0.717, 1.165) is 56.2 Å². The van der Waals surface area contributed by atoms with E-state index in [1.165, 1.54) is 11.1 Å². The Morgan fingerprint density at radius 2 is 1.47 bits per heavy atom. The zero-order valence-electron chi connectivity index (χ0n) is 17.9. The summed E-state index contributed by atoms with van der Waals surface area (Å²) in [6.07, 6.45) is 3.20. The first-order valence-electron chi connectivity index (χ1n) is 11.1. The molecular formula is C27H26Cl2N2O. The largest absolute Gasteiger partial charge is 0.308 e. The Kier molecular flexibility index (Phi) is 5.98. The molecular weight excluding hydrogens is 439 g/mol. The first kappa shape index (κ1) is 21.5. The van der Waals surface area contributed by atoms with Crippen LogP contribution in [0, 0.1) is 5.41 Å². The molecule has 1 saturated heterocycles. The summed E-state index contributed by atoms with van der Waals surface area (Å²) < 4.78 is 0. The number of para-hydroxylation sites is 1. The molecule has 2 aliphatic heterocycles. The van der Waals surface area contributed by atoms with Crippen LogP contribution in [0.3, 0.4) is 0 Å². The summed E-state index contributed by atoms with van der Waals surface area (Å²) >= 11 is 12.1. The molecule has 2 aliphatic rings. The Bertz CT molecular complexity index is 1100. The third-order valence-corrected chi connectivity index (χ3v) is 7.42. The lowest BCUT2D eigenvalue weighted by molar-refractivity contribution is 0.0847. The molecule has 5 heteroatoms. The summed E-state index contributed by atoms with van der Waals surface area (Å²) in [5.74, 6) is 0.0526. The SMILES string of the molecule is O=C(c1ccc(Cl)cc1)N1CC2(CCN(Cc3ccc(Cl)cc3)CC2)Cc2ccccc21. The highest BCUT2D eigenvalue weighted by molar-refractivity contribution is 6.31. The maximum atomic E-state index is 13.5. The van der Waals surface area contributed by atoms with Gasteiger partial charge in [-0.3, -0.25) is 9.69 Å². The summed E-state index contributed by atoms with van der Waals surface area (Å²) in [5, 5.41) is 1.42. The van der Waals surface area contributed by atoms with E-state index in [1.54, 1.807) is 12.1 Å². The molecule has 2 heterocycles. The molecule has 3 nitrogen and oxygen atoms in total. The number of carbonyl (C=O) groups excluding carboxylic acids is 1. The highest BCUT2D eigenvalue weighted by Crippen LogP contribution is 2.44. The van der Waals surface area contributed by atoms with Gasteiger partial charge < -0.3 is 4.90 Å². The quantitative estimate of drug-likeness (QED) is 0.442. The fraction of sp³-hybridized carbons (Fsp3) is 0.296. The monoisotopic (exact) mass is 464 g/mol. The molecule has 0 radical (unpaired) electrons. The van der Waals surface area contributed by atoms with Gasteiger partial charge in [0.2, 0.25) is 0 Å². The zero-order chi connectivity index (χ0) is 22.1. The second-order valence-electron chi connectivity index (χ2n) is 9.11. The van der Waals surface area contributed by atoms with Crippen LogP contribution in [-0.4, -0.2) is 30.4 Å². The summed E-state index contributed by atoms with van der Waals surface area (Å²) in [7, 11) is 0. The standard InChI is InChI=1S/C27H26Cl2N2O/c28-23-9-5-20(6-10-23)18-30-15-13-27(14-16-30)17-22-3-1-2-4-25(22)31(19-27)26(32)21-7-11-24(29)12-8-21/h1-12H,13-19H2. The zero-order valence-corrected chi connectivity index (χ0v) is 19.4. The number of hydrogen-bond acceptors (Lipinski definition) is 2. The van der Waals surface area contributed by atoms with Gasteiger partial charge in [0, 0.05) is 34.4 Å². The van der Waals surface area contributed by atoms with Crippen LogP contribution in [-0.2, 0) is 13.0 Å². The van der Waals surface area contributed by atoms with Gasteiger partial charge in [-0.15, -0.1) is 0 Å². The highest BCUT2D eigenvalue weighted by Gasteiger charge is 2.42. The predicted octanol–water partition coefficient (Wildman–Crippen LogP) is 6.48. The minimum atomic E-state index is 0.0526. The second-order valence-corrected chi connectivity index (χ2v) is 9.98. The average molecular weight is 465 g/mol. The molecule has 0 aliphatic carbocycles. The van der Waals surface area contributed by atoms with E-state index in [-0.39, 0.29) is 11.3 Å². The maximum absolute atomic E-state index is 13.5. The molecule has 32 heavy (non-hydrogen) atoms. The lowest BCUT2D eigenvalue weighted by Crippen LogP contribution is -2.51. The topological polar surface area (TPSA) is 23.6 Å². The van der Waals surface area contributed by atoms with E-state index in [2.05, 4.69) is 35.2 Å². The van der Waals surface area contributed by atoms with Crippen LogP contribution in [0.2, 0.25) is 10.0 Å². The van der Waals surface area contributed by atoms with Crippen molar-refractivity contribution in [2.24, 2.45) is 5.41 Å². The molecule has 0 aromatic heterocycles. The molecule has 1 fully saturated rings. The highest BCUT2D eigenvalue weighted by atomic mass is 35.5. The van der Waals surface area contributed by atoms with Gasteiger partial charge >= 0.3 is 0 Å². The predicted molar refractivity (Wildman–Crippen MR) is 132 cm³/mol. The van der Waals surface area contributed by atoms with E-state index < -0.39 is 0 Å². The van der Waals surface area contributed by atoms with Crippen molar-refractivity contribution in [3.05, 3.63) is 99.5 Å². The smallest absolute Gasteiger partial charge is 0.258 e. The molecule has 0 saturated carbocycles. The number of anilines is 1. The van der Waals surface area contributed by atoms with Crippen molar-refractivity contribution >= 4 is 34.8 Å². The molecule has 3 aromatic carbocycles. The number of fused-ring (bicyclic) bond motifs is 1. The van der Waals surface area contributed by atoms with Gasteiger partial charge in [0.1, 0.15) is 0 Å².